The first kappa shape index (κ1) is 22.3. The van der Waals surface area contributed by atoms with Crippen molar-refractivity contribution < 1.29 is 23.9 Å². The number of carbonyl (C=O) groups excluding carboxylic acids is 3. The van der Waals surface area contributed by atoms with Gasteiger partial charge in [-0.25, -0.2) is 4.79 Å². The summed E-state index contributed by atoms with van der Waals surface area (Å²) in [6.07, 6.45) is 2.30. The van der Waals surface area contributed by atoms with E-state index in [0.717, 1.165) is 0 Å². The lowest BCUT2D eigenvalue weighted by molar-refractivity contribution is -0.149. The molecule has 0 saturated carbocycles. The fourth-order valence-corrected chi connectivity index (χ4v) is 2.96. The van der Waals surface area contributed by atoms with E-state index in [2.05, 4.69) is 10.6 Å². The molecule has 0 aliphatic carbocycles. The Balaban J connectivity index is 1.93. The molecule has 2 amide bonds. The van der Waals surface area contributed by atoms with Crippen molar-refractivity contribution in [2.24, 2.45) is 0 Å². The zero-order valence-corrected chi connectivity index (χ0v) is 17.2. The van der Waals surface area contributed by atoms with Crippen LogP contribution in [0.15, 0.2) is 54.6 Å². The lowest BCUT2D eigenvalue weighted by atomic mass is 10.1. The number of thioether (sulfide) groups is 1. The number of hydrogen-bond acceptors (Lipinski definition) is 6. The van der Waals surface area contributed by atoms with Crippen LogP contribution in [-0.4, -0.2) is 49.6 Å². The summed E-state index contributed by atoms with van der Waals surface area (Å²) in [6, 6.07) is 14.7. The Hall–Kier alpha value is -3.00. The third-order valence-corrected chi connectivity index (χ3v) is 4.61. The minimum atomic E-state index is -0.839. The Morgan fingerprint density at radius 2 is 1.72 bits per heavy atom. The molecule has 2 N–H and O–H groups in total. The summed E-state index contributed by atoms with van der Waals surface area (Å²) in [5, 5.41) is 5.31. The van der Waals surface area contributed by atoms with Gasteiger partial charge in [-0.2, -0.15) is 11.8 Å². The van der Waals surface area contributed by atoms with E-state index in [-0.39, 0.29) is 5.91 Å². The molecule has 0 fully saturated rings. The first-order chi connectivity index (χ1) is 14.0. The maximum atomic E-state index is 12.4. The highest BCUT2D eigenvalue weighted by atomic mass is 32.2. The summed E-state index contributed by atoms with van der Waals surface area (Å²) in [6.45, 7) is -0.464. The van der Waals surface area contributed by atoms with Gasteiger partial charge in [0, 0.05) is 5.56 Å². The summed E-state index contributed by atoms with van der Waals surface area (Å²) in [5.41, 5.74) is 0.927. The van der Waals surface area contributed by atoms with Gasteiger partial charge in [0.05, 0.1) is 12.8 Å². The second-order valence-corrected chi connectivity index (χ2v) is 7.02. The van der Waals surface area contributed by atoms with Crippen molar-refractivity contribution >= 4 is 35.2 Å². The van der Waals surface area contributed by atoms with Crippen molar-refractivity contribution in [2.45, 2.75) is 12.5 Å². The number of benzene rings is 2. The minimum absolute atomic E-state index is 0.368. The molecule has 0 spiro atoms. The van der Waals surface area contributed by atoms with Crippen molar-refractivity contribution in [1.29, 1.82) is 0 Å². The number of esters is 1. The van der Waals surface area contributed by atoms with Gasteiger partial charge in [0.2, 0.25) is 0 Å². The van der Waals surface area contributed by atoms with Crippen LogP contribution in [0.3, 0.4) is 0 Å². The summed E-state index contributed by atoms with van der Waals surface area (Å²) in [7, 11) is 1.50. The van der Waals surface area contributed by atoms with E-state index >= 15 is 0 Å². The van der Waals surface area contributed by atoms with Crippen LogP contribution in [0.5, 0.6) is 5.75 Å². The summed E-state index contributed by atoms with van der Waals surface area (Å²) < 4.78 is 10.3. The highest BCUT2D eigenvalue weighted by Crippen LogP contribution is 2.22. The van der Waals surface area contributed by atoms with Crippen LogP contribution in [0.2, 0.25) is 0 Å². The first-order valence-corrected chi connectivity index (χ1v) is 10.4. The van der Waals surface area contributed by atoms with Crippen molar-refractivity contribution in [3.8, 4) is 5.75 Å². The number of rotatable bonds is 10. The van der Waals surface area contributed by atoms with E-state index in [1.807, 2.05) is 6.26 Å². The number of amides is 2. The van der Waals surface area contributed by atoms with Gasteiger partial charge in [-0.1, -0.05) is 30.3 Å². The Labute approximate surface area is 174 Å². The lowest BCUT2D eigenvalue weighted by Crippen LogP contribution is -2.43. The summed E-state index contributed by atoms with van der Waals surface area (Å²) in [4.78, 5) is 36.9. The van der Waals surface area contributed by atoms with E-state index in [1.165, 1.54) is 7.11 Å². The topological polar surface area (TPSA) is 93.7 Å². The lowest BCUT2D eigenvalue weighted by Gasteiger charge is -2.17. The Bertz CT molecular complexity index is 829. The van der Waals surface area contributed by atoms with Crippen molar-refractivity contribution in [3.05, 3.63) is 60.2 Å². The molecule has 0 bridgehead atoms. The van der Waals surface area contributed by atoms with Gasteiger partial charge in [-0.15, -0.1) is 0 Å². The maximum absolute atomic E-state index is 12.4. The number of nitrogens with one attached hydrogen (secondary N) is 2. The van der Waals surface area contributed by atoms with Gasteiger partial charge in [0.15, 0.2) is 6.61 Å². The Kier molecular flexibility index (Phi) is 9.04. The standard InChI is InChI=1S/C21H24N2O5S/c1-27-18-11-7-6-10-16(18)22-19(24)14-28-21(26)17(12-13-29-2)23-20(25)15-8-4-3-5-9-15/h3-11,17H,12-14H2,1-2H3,(H,22,24)(H,23,25)/t17-/m0/s1. The van der Waals surface area contributed by atoms with Gasteiger partial charge >= 0.3 is 5.97 Å². The molecule has 1 atom stereocenters. The van der Waals surface area contributed by atoms with Crippen LogP contribution in [0.25, 0.3) is 0 Å². The average Bonchev–Trinajstić information content (AvgIpc) is 2.75. The summed E-state index contributed by atoms with van der Waals surface area (Å²) in [5.74, 6) is -0.367. The SMILES string of the molecule is COc1ccccc1NC(=O)COC(=O)[C@H](CCSC)NC(=O)c1ccccc1. The van der Waals surface area contributed by atoms with Crippen molar-refractivity contribution in [3.63, 3.8) is 0 Å². The van der Waals surface area contributed by atoms with Crippen LogP contribution in [0.1, 0.15) is 16.8 Å². The largest absolute Gasteiger partial charge is 0.495 e. The number of hydrogen-bond donors (Lipinski definition) is 2. The summed E-state index contributed by atoms with van der Waals surface area (Å²) >= 11 is 1.55. The highest BCUT2D eigenvalue weighted by molar-refractivity contribution is 7.98. The molecule has 8 heteroatoms. The number of methoxy groups -OCH3 is 1. The predicted molar refractivity (Wildman–Crippen MR) is 113 cm³/mol. The zero-order chi connectivity index (χ0) is 21.1. The molecular weight excluding hydrogens is 392 g/mol. The first-order valence-electron chi connectivity index (χ1n) is 8.99. The second kappa shape index (κ2) is 11.8. The van der Waals surface area contributed by atoms with Gasteiger partial charge in [-0.3, -0.25) is 9.59 Å². The molecule has 154 valence electrons. The van der Waals surface area contributed by atoms with E-state index < -0.39 is 24.5 Å². The Morgan fingerprint density at radius 3 is 2.41 bits per heavy atom. The third-order valence-electron chi connectivity index (χ3n) is 3.96. The highest BCUT2D eigenvalue weighted by Gasteiger charge is 2.23. The molecule has 0 saturated heterocycles. The third kappa shape index (κ3) is 7.15. The number of para-hydroxylation sites is 2. The van der Waals surface area contributed by atoms with Crippen LogP contribution in [-0.2, 0) is 14.3 Å². The molecule has 0 aromatic heterocycles. The van der Waals surface area contributed by atoms with Crippen LogP contribution in [0.4, 0.5) is 5.69 Å². The molecular formula is C21H24N2O5S. The van der Waals surface area contributed by atoms with E-state index in [0.29, 0.717) is 29.2 Å². The van der Waals surface area contributed by atoms with Gasteiger partial charge < -0.3 is 20.1 Å². The fourth-order valence-electron chi connectivity index (χ4n) is 2.49. The number of ether oxygens (including phenoxy) is 2. The molecule has 0 aliphatic heterocycles. The molecule has 7 nitrogen and oxygen atoms in total. The average molecular weight is 416 g/mol. The monoisotopic (exact) mass is 416 g/mol. The fraction of sp³-hybridized carbons (Fsp3) is 0.286. The van der Waals surface area contributed by atoms with E-state index in [4.69, 9.17) is 9.47 Å². The van der Waals surface area contributed by atoms with Gasteiger partial charge in [0.1, 0.15) is 11.8 Å². The van der Waals surface area contributed by atoms with E-state index in [1.54, 1.807) is 66.4 Å². The molecule has 0 aliphatic rings. The van der Waals surface area contributed by atoms with Crippen molar-refractivity contribution in [2.75, 3.05) is 31.0 Å². The maximum Gasteiger partial charge on any atom is 0.329 e. The molecule has 0 radical (unpaired) electrons. The van der Waals surface area contributed by atoms with Crippen LogP contribution >= 0.6 is 11.8 Å². The molecule has 29 heavy (non-hydrogen) atoms. The number of carbonyl (C=O) groups is 3. The predicted octanol–water partition coefficient (Wildman–Crippen LogP) is 2.73. The minimum Gasteiger partial charge on any atom is -0.495 e. The molecule has 0 heterocycles. The van der Waals surface area contributed by atoms with E-state index in [9.17, 15) is 14.4 Å². The van der Waals surface area contributed by atoms with Crippen molar-refractivity contribution in [1.82, 2.24) is 5.32 Å². The number of anilines is 1. The van der Waals surface area contributed by atoms with Crippen LogP contribution in [0, 0.1) is 0 Å². The molecule has 2 rings (SSSR count). The molecule has 2 aromatic rings. The smallest absolute Gasteiger partial charge is 0.329 e. The second-order valence-electron chi connectivity index (χ2n) is 6.03. The van der Waals surface area contributed by atoms with Gasteiger partial charge in [-0.05, 0) is 42.7 Å². The van der Waals surface area contributed by atoms with Gasteiger partial charge in [0.25, 0.3) is 11.8 Å². The van der Waals surface area contributed by atoms with Crippen LogP contribution < -0.4 is 15.4 Å². The normalized spacial score (nSPS) is 11.2. The molecule has 0 unspecified atom stereocenters. The Morgan fingerprint density at radius 1 is 1.03 bits per heavy atom. The zero-order valence-electron chi connectivity index (χ0n) is 16.3. The quantitative estimate of drug-likeness (QED) is 0.579. The molecule has 2 aromatic carbocycles.